The minimum atomic E-state index is -0.552. The van der Waals surface area contributed by atoms with Crippen LogP contribution in [0.15, 0.2) is 48.6 Å². The van der Waals surface area contributed by atoms with Crippen LogP contribution in [0.3, 0.4) is 0 Å². The molecule has 58 heavy (non-hydrogen) atoms. The molecule has 0 saturated heterocycles. The molecule has 1 atom stereocenters. The summed E-state index contributed by atoms with van der Waals surface area (Å²) in [5.41, 5.74) is 0. The summed E-state index contributed by atoms with van der Waals surface area (Å²) in [6, 6.07) is 0. The Morgan fingerprint density at radius 1 is 0.397 bits per heavy atom. The van der Waals surface area contributed by atoms with Gasteiger partial charge < -0.3 is 14.2 Å². The molecule has 0 aromatic carbocycles. The van der Waals surface area contributed by atoms with Crippen molar-refractivity contribution in [1.29, 1.82) is 0 Å². The molecule has 5 heteroatoms. The van der Waals surface area contributed by atoms with Crippen molar-refractivity contribution < 1.29 is 23.8 Å². The molecule has 338 valence electrons. The Balaban J connectivity index is 4.29. The third-order valence-corrected chi connectivity index (χ3v) is 10.9. The van der Waals surface area contributed by atoms with Crippen molar-refractivity contribution in [2.75, 3.05) is 19.8 Å². The molecular weight excluding hydrogens is 717 g/mol. The van der Waals surface area contributed by atoms with Crippen molar-refractivity contribution in [3.05, 3.63) is 48.6 Å². The van der Waals surface area contributed by atoms with Gasteiger partial charge in [-0.2, -0.15) is 0 Å². The predicted octanol–water partition coefficient (Wildman–Crippen LogP) is 16.8. The number of rotatable bonds is 46. The number of allylic oxidation sites excluding steroid dienone is 8. The highest BCUT2D eigenvalue weighted by Crippen LogP contribution is 2.15. The van der Waals surface area contributed by atoms with Crippen molar-refractivity contribution in [3.8, 4) is 0 Å². The Bertz CT molecular complexity index is 966. The van der Waals surface area contributed by atoms with E-state index < -0.39 is 6.10 Å². The topological polar surface area (TPSA) is 61.8 Å². The van der Waals surface area contributed by atoms with Crippen LogP contribution in [0.4, 0.5) is 0 Å². The second-order valence-electron chi connectivity index (χ2n) is 16.7. The monoisotopic (exact) mass is 813 g/mol. The van der Waals surface area contributed by atoms with Crippen molar-refractivity contribution in [3.63, 3.8) is 0 Å². The first-order chi connectivity index (χ1) is 28.6. The first kappa shape index (κ1) is 55.9. The van der Waals surface area contributed by atoms with E-state index in [1.165, 1.54) is 148 Å². The van der Waals surface area contributed by atoms with E-state index in [-0.39, 0.29) is 25.2 Å². The number of hydrogen-bond acceptors (Lipinski definition) is 5. The number of ether oxygens (including phenoxy) is 3. The summed E-state index contributed by atoms with van der Waals surface area (Å²) >= 11 is 0. The fourth-order valence-corrected chi connectivity index (χ4v) is 7.15. The number of carbonyl (C=O) groups is 2. The molecule has 0 radical (unpaired) electrons. The van der Waals surface area contributed by atoms with E-state index in [0.717, 1.165) is 70.6 Å². The highest BCUT2D eigenvalue weighted by atomic mass is 16.6. The summed E-state index contributed by atoms with van der Waals surface area (Å²) in [5, 5.41) is 0. The molecule has 0 saturated carbocycles. The smallest absolute Gasteiger partial charge is 0.306 e. The van der Waals surface area contributed by atoms with Crippen molar-refractivity contribution in [1.82, 2.24) is 0 Å². The minimum Gasteiger partial charge on any atom is -0.462 e. The fourth-order valence-electron chi connectivity index (χ4n) is 7.15. The molecule has 0 fully saturated rings. The van der Waals surface area contributed by atoms with E-state index in [4.69, 9.17) is 14.2 Å². The normalized spacial score (nSPS) is 12.5. The van der Waals surface area contributed by atoms with E-state index in [1.54, 1.807) is 0 Å². The first-order valence-corrected chi connectivity index (χ1v) is 25.2. The highest BCUT2D eigenvalue weighted by Gasteiger charge is 2.17. The van der Waals surface area contributed by atoms with Gasteiger partial charge in [-0.3, -0.25) is 9.59 Å². The summed E-state index contributed by atoms with van der Waals surface area (Å²) < 4.78 is 17.3. The first-order valence-electron chi connectivity index (χ1n) is 25.2. The van der Waals surface area contributed by atoms with Crippen LogP contribution >= 0.6 is 0 Å². The lowest BCUT2D eigenvalue weighted by atomic mass is 10.0. The fraction of sp³-hybridized carbons (Fsp3) is 0.811. The molecule has 0 bridgehead atoms. The summed E-state index contributed by atoms with van der Waals surface area (Å²) in [7, 11) is 0. The van der Waals surface area contributed by atoms with Crippen molar-refractivity contribution in [2.24, 2.45) is 0 Å². The predicted molar refractivity (Wildman–Crippen MR) is 251 cm³/mol. The Kier molecular flexibility index (Phi) is 47.4. The van der Waals surface area contributed by atoms with Gasteiger partial charge in [-0.05, 0) is 57.8 Å². The molecule has 0 N–H and O–H groups in total. The molecule has 0 aromatic rings. The average Bonchev–Trinajstić information content (AvgIpc) is 3.22. The van der Waals surface area contributed by atoms with Crippen LogP contribution in [0.1, 0.15) is 252 Å². The highest BCUT2D eigenvalue weighted by molar-refractivity contribution is 5.70. The van der Waals surface area contributed by atoms with Crippen LogP contribution in [0.25, 0.3) is 0 Å². The van der Waals surface area contributed by atoms with Crippen molar-refractivity contribution >= 4 is 11.9 Å². The molecule has 0 heterocycles. The molecule has 0 spiro atoms. The lowest BCUT2D eigenvalue weighted by molar-refractivity contribution is -0.163. The maximum atomic E-state index is 12.8. The Morgan fingerprint density at radius 3 is 1.24 bits per heavy atom. The molecule has 0 aliphatic heterocycles. The number of esters is 2. The minimum absolute atomic E-state index is 0.0729. The number of carbonyl (C=O) groups excluding carboxylic acids is 2. The van der Waals surface area contributed by atoms with E-state index in [0.29, 0.717) is 19.4 Å². The largest absolute Gasteiger partial charge is 0.462 e. The zero-order chi connectivity index (χ0) is 42.1. The maximum absolute atomic E-state index is 12.8. The van der Waals surface area contributed by atoms with E-state index in [1.807, 2.05) is 0 Å². The van der Waals surface area contributed by atoms with Crippen LogP contribution in [0.2, 0.25) is 0 Å². The van der Waals surface area contributed by atoms with Crippen molar-refractivity contribution in [2.45, 2.75) is 258 Å². The summed E-state index contributed by atoms with van der Waals surface area (Å²) in [4.78, 5) is 25.3. The molecule has 0 amide bonds. The number of unbranched alkanes of at least 4 members (excludes halogenated alkanes) is 27. The quantitative estimate of drug-likeness (QED) is 0.0348. The van der Waals surface area contributed by atoms with E-state index >= 15 is 0 Å². The molecule has 0 aliphatic rings. The average molecular weight is 813 g/mol. The number of hydrogen-bond donors (Lipinski definition) is 0. The second kappa shape index (κ2) is 49.2. The Hall–Kier alpha value is -2.14. The van der Waals surface area contributed by atoms with Crippen LogP contribution in [0.5, 0.6) is 0 Å². The van der Waals surface area contributed by atoms with Gasteiger partial charge in [0, 0.05) is 19.4 Å². The molecule has 0 unspecified atom stereocenters. The summed E-state index contributed by atoms with van der Waals surface area (Å²) in [6.45, 7) is 7.70. The zero-order valence-corrected chi connectivity index (χ0v) is 38.8. The van der Waals surface area contributed by atoms with Gasteiger partial charge in [0.05, 0.1) is 6.61 Å². The summed E-state index contributed by atoms with van der Waals surface area (Å²) in [5.74, 6) is -0.435. The van der Waals surface area contributed by atoms with Gasteiger partial charge in [-0.25, -0.2) is 0 Å². The Morgan fingerprint density at radius 2 is 0.776 bits per heavy atom. The SMILES string of the molecule is CC/C=C\C/C=C\C/C=C\C/C=C\CCCCC(=O)O[C@H](COCCCCCCCCCCCCCCCCCC)COC(=O)CCCCCCCCCCCCC. The standard InChI is InChI=1S/C53H96O5/c1-4-7-10-13-16-19-22-24-26-28-30-33-36-39-42-45-48-56-49-51(50-57-52(54)46-43-40-37-34-31-21-18-15-12-9-6-3)58-53(55)47-44-41-38-35-32-29-27-25-23-20-17-14-11-8-5-2/h8,11,17,20,25,27,32,35,51H,4-7,9-10,12-16,18-19,21-24,26,28-31,33-34,36-50H2,1-3H3/b11-8-,20-17-,27-25-,35-32-/t51-/m1/s1. The van der Waals surface area contributed by atoms with E-state index in [9.17, 15) is 9.59 Å². The second-order valence-corrected chi connectivity index (χ2v) is 16.7. The lowest BCUT2D eigenvalue weighted by Gasteiger charge is -2.18. The van der Waals surface area contributed by atoms with Gasteiger partial charge in [0.15, 0.2) is 6.10 Å². The van der Waals surface area contributed by atoms with Crippen LogP contribution in [-0.4, -0.2) is 37.9 Å². The van der Waals surface area contributed by atoms with Gasteiger partial charge in [-0.1, -0.05) is 230 Å². The van der Waals surface area contributed by atoms with Gasteiger partial charge >= 0.3 is 11.9 Å². The lowest BCUT2D eigenvalue weighted by Crippen LogP contribution is -2.30. The molecule has 0 aromatic heterocycles. The van der Waals surface area contributed by atoms with Crippen LogP contribution in [0, 0.1) is 0 Å². The van der Waals surface area contributed by atoms with Gasteiger partial charge in [0.2, 0.25) is 0 Å². The maximum Gasteiger partial charge on any atom is 0.306 e. The molecule has 0 rings (SSSR count). The Labute approximate surface area is 361 Å². The van der Waals surface area contributed by atoms with E-state index in [2.05, 4.69) is 69.4 Å². The van der Waals surface area contributed by atoms with Crippen LogP contribution in [-0.2, 0) is 23.8 Å². The summed E-state index contributed by atoms with van der Waals surface area (Å²) in [6.07, 6.45) is 59.8. The van der Waals surface area contributed by atoms with Gasteiger partial charge in [-0.15, -0.1) is 0 Å². The third-order valence-electron chi connectivity index (χ3n) is 10.9. The zero-order valence-electron chi connectivity index (χ0n) is 38.8. The molecule has 5 nitrogen and oxygen atoms in total. The molecular formula is C53H96O5. The third kappa shape index (κ3) is 46.5. The molecule has 0 aliphatic carbocycles. The van der Waals surface area contributed by atoms with Gasteiger partial charge in [0.25, 0.3) is 0 Å². The van der Waals surface area contributed by atoms with Crippen LogP contribution < -0.4 is 0 Å². The van der Waals surface area contributed by atoms with Gasteiger partial charge in [0.1, 0.15) is 6.61 Å².